The minimum Gasteiger partial charge on any atom is -0.455 e. The Kier molecular flexibility index (Phi) is 7.65. The highest BCUT2D eigenvalue weighted by Gasteiger charge is 2.27. The van der Waals surface area contributed by atoms with Gasteiger partial charge in [-0.3, -0.25) is 4.79 Å². The largest absolute Gasteiger partial charge is 0.455 e. The highest BCUT2D eigenvalue weighted by atomic mass is 35.5. The molecule has 1 saturated heterocycles. The summed E-state index contributed by atoms with van der Waals surface area (Å²) in [7, 11) is 3.94. The summed E-state index contributed by atoms with van der Waals surface area (Å²) in [6, 6.07) is 18.9. The second kappa shape index (κ2) is 11.1. The lowest BCUT2D eigenvalue weighted by atomic mass is 9.96. The molecule has 6 nitrogen and oxygen atoms in total. The molecule has 0 unspecified atom stereocenters. The van der Waals surface area contributed by atoms with Crippen molar-refractivity contribution in [3.05, 3.63) is 71.2 Å². The van der Waals surface area contributed by atoms with Crippen LogP contribution in [0.2, 0.25) is 5.02 Å². The van der Waals surface area contributed by atoms with Gasteiger partial charge in [-0.05, 0) is 69.5 Å². The molecule has 0 saturated carbocycles. The maximum atomic E-state index is 14.9. The number of amides is 1. The first-order valence-electron chi connectivity index (χ1n) is 12.7. The Morgan fingerprint density at radius 1 is 1.16 bits per heavy atom. The third kappa shape index (κ3) is 5.59. The Morgan fingerprint density at radius 2 is 1.95 bits per heavy atom. The van der Waals surface area contributed by atoms with Gasteiger partial charge >= 0.3 is 0 Å². The van der Waals surface area contributed by atoms with Crippen LogP contribution < -0.4 is 15.4 Å². The number of alkyl halides is 1. The third-order valence-electron chi connectivity index (χ3n) is 6.94. The van der Waals surface area contributed by atoms with E-state index in [0.717, 1.165) is 41.3 Å². The van der Waals surface area contributed by atoms with Crippen LogP contribution in [0.4, 0.5) is 4.39 Å². The molecular formula is C29H32ClFN4O2. The number of carbonyl (C=O) groups excluding carboxylic acids is 1. The van der Waals surface area contributed by atoms with E-state index in [-0.39, 0.29) is 11.8 Å². The standard InChI is InChI=1S/C29H32ClFN4O2/c1-34(2)14-13-33-29(36)20-15-24-23-5-3-4-6-26(23)35(18-19-11-12-32-17-25(19)31)28(24)27(16-20)37-22-9-7-21(30)8-10-22/h3-10,15-16,19,25,32H,11-14,17-18H2,1-2H3,(H,33,36)/t19-,25+/m0/s1. The molecule has 37 heavy (non-hydrogen) atoms. The molecule has 8 heteroatoms. The molecule has 1 fully saturated rings. The van der Waals surface area contributed by atoms with E-state index in [4.69, 9.17) is 16.3 Å². The molecule has 4 aromatic rings. The van der Waals surface area contributed by atoms with Crippen LogP contribution in [0, 0.1) is 5.92 Å². The van der Waals surface area contributed by atoms with Gasteiger partial charge in [-0.25, -0.2) is 4.39 Å². The van der Waals surface area contributed by atoms with E-state index in [1.807, 2.05) is 49.3 Å². The topological polar surface area (TPSA) is 58.5 Å². The van der Waals surface area contributed by atoms with Gasteiger partial charge in [0.25, 0.3) is 5.91 Å². The summed E-state index contributed by atoms with van der Waals surface area (Å²) < 4.78 is 23.4. The summed E-state index contributed by atoms with van der Waals surface area (Å²) >= 11 is 6.09. The number of para-hydroxylation sites is 1. The lowest BCUT2D eigenvalue weighted by Gasteiger charge is -2.28. The fourth-order valence-corrected chi connectivity index (χ4v) is 5.11. The first-order valence-corrected chi connectivity index (χ1v) is 13.0. The summed E-state index contributed by atoms with van der Waals surface area (Å²) in [5.41, 5.74) is 2.37. The Morgan fingerprint density at radius 3 is 2.70 bits per heavy atom. The van der Waals surface area contributed by atoms with E-state index in [1.165, 1.54) is 0 Å². The second-order valence-corrected chi connectivity index (χ2v) is 10.3. The normalized spacial score (nSPS) is 18.0. The molecule has 0 radical (unpaired) electrons. The molecule has 194 valence electrons. The van der Waals surface area contributed by atoms with Gasteiger partial charge in [0.05, 0.1) is 5.52 Å². The number of aromatic nitrogens is 1. The maximum Gasteiger partial charge on any atom is 0.251 e. The van der Waals surface area contributed by atoms with Gasteiger partial charge in [0.2, 0.25) is 0 Å². The molecule has 1 aromatic heterocycles. The fraction of sp³-hybridized carbons (Fsp3) is 0.345. The monoisotopic (exact) mass is 522 g/mol. The molecule has 0 bridgehead atoms. The summed E-state index contributed by atoms with van der Waals surface area (Å²) in [5, 5.41) is 8.67. The number of fused-ring (bicyclic) bond motifs is 3. The lowest BCUT2D eigenvalue weighted by molar-refractivity contribution is 0.0951. The summed E-state index contributed by atoms with van der Waals surface area (Å²) in [6.45, 7) is 2.97. The van der Waals surface area contributed by atoms with E-state index in [0.29, 0.717) is 41.7 Å². The molecule has 2 heterocycles. The number of benzene rings is 3. The molecule has 3 aromatic carbocycles. The molecule has 2 atom stereocenters. The van der Waals surface area contributed by atoms with Crippen LogP contribution in [-0.2, 0) is 6.54 Å². The van der Waals surface area contributed by atoms with Crippen molar-refractivity contribution in [2.75, 3.05) is 40.3 Å². The molecule has 2 N–H and O–H groups in total. The highest BCUT2D eigenvalue weighted by Crippen LogP contribution is 2.39. The quantitative estimate of drug-likeness (QED) is 0.322. The van der Waals surface area contributed by atoms with E-state index in [2.05, 4.69) is 15.2 Å². The van der Waals surface area contributed by atoms with Crippen LogP contribution in [0.25, 0.3) is 21.8 Å². The summed E-state index contributed by atoms with van der Waals surface area (Å²) in [4.78, 5) is 15.2. The minimum atomic E-state index is -0.924. The van der Waals surface area contributed by atoms with Gasteiger partial charge in [-0.15, -0.1) is 0 Å². The number of piperidine rings is 1. The van der Waals surface area contributed by atoms with Crippen LogP contribution >= 0.6 is 11.6 Å². The summed E-state index contributed by atoms with van der Waals surface area (Å²) in [6.07, 6.45) is -0.165. The van der Waals surface area contributed by atoms with Gasteiger partial charge in [-0.2, -0.15) is 0 Å². The molecule has 0 aliphatic carbocycles. The number of ether oxygens (including phenoxy) is 1. The Labute approximate surface area is 221 Å². The number of hydrogen-bond donors (Lipinski definition) is 2. The van der Waals surface area contributed by atoms with Crippen LogP contribution in [-0.4, -0.2) is 61.8 Å². The first kappa shape index (κ1) is 25.5. The Bertz CT molecular complexity index is 1400. The number of carbonyl (C=O) groups is 1. The zero-order chi connectivity index (χ0) is 25.9. The number of nitrogens with one attached hydrogen (secondary N) is 2. The number of nitrogens with zero attached hydrogens (tertiary/aromatic N) is 2. The van der Waals surface area contributed by atoms with E-state index < -0.39 is 6.17 Å². The van der Waals surface area contributed by atoms with Crippen molar-refractivity contribution < 1.29 is 13.9 Å². The zero-order valence-electron chi connectivity index (χ0n) is 21.1. The van der Waals surface area contributed by atoms with Crippen LogP contribution in [0.5, 0.6) is 11.5 Å². The molecular weight excluding hydrogens is 491 g/mol. The van der Waals surface area contributed by atoms with E-state index in [9.17, 15) is 9.18 Å². The predicted octanol–water partition coefficient (Wildman–Crippen LogP) is 5.48. The Balaban J connectivity index is 1.64. The number of halogens is 2. The van der Waals surface area contributed by atoms with Crippen molar-refractivity contribution in [2.24, 2.45) is 5.92 Å². The van der Waals surface area contributed by atoms with Gasteiger partial charge < -0.3 is 24.8 Å². The fourth-order valence-electron chi connectivity index (χ4n) is 4.99. The van der Waals surface area contributed by atoms with E-state index in [1.54, 1.807) is 30.3 Å². The average molecular weight is 523 g/mol. The SMILES string of the molecule is CN(C)CCNC(=O)c1cc(Oc2ccc(Cl)cc2)c2c(c1)c1ccccc1n2C[C@@H]1CCNC[C@H]1F. The van der Waals surface area contributed by atoms with Gasteiger partial charge in [0.1, 0.15) is 11.9 Å². The van der Waals surface area contributed by atoms with Crippen LogP contribution in [0.1, 0.15) is 16.8 Å². The highest BCUT2D eigenvalue weighted by molar-refractivity contribution is 6.30. The van der Waals surface area contributed by atoms with Crippen LogP contribution in [0.15, 0.2) is 60.7 Å². The van der Waals surface area contributed by atoms with Gasteiger partial charge in [-0.1, -0.05) is 29.8 Å². The molecule has 0 spiro atoms. The second-order valence-electron chi connectivity index (χ2n) is 9.88. The van der Waals surface area contributed by atoms with Crippen molar-refractivity contribution >= 4 is 39.3 Å². The van der Waals surface area contributed by atoms with Crippen LogP contribution in [0.3, 0.4) is 0 Å². The number of rotatable bonds is 8. The first-order chi connectivity index (χ1) is 17.9. The van der Waals surface area contributed by atoms with Gasteiger partial charge in [0.15, 0.2) is 5.75 Å². The minimum absolute atomic E-state index is 0.113. The number of hydrogen-bond acceptors (Lipinski definition) is 4. The molecule has 1 aliphatic rings. The zero-order valence-corrected chi connectivity index (χ0v) is 21.9. The molecule has 1 aliphatic heterocycles. The Hall–Kier alpha value is -3.13. The summed E-state index contributed by atoms with van der Waals surface area (Å²) in [5.74, 6) is 0.886. The number of likely N-dealkylation sites (N-methyl/N-ethyl adjacent to an activating group) is 1. The smallest absolute Gasteiger partial charge is 0.251 e. The predicted molar refractivity (Wildman–Crippen MR) is 148 cm³/mol. The van der Waals surface area contributed by atoms with Gasteiger partial charge in [0, 0.05) is 59.0 Å². The van der Waals surface area contributed by atoms with Crippen molar-refractivity contribution in [2.45, 2.75) is 19.1 Å². The van der Waals surface area contributed by atoms with E-state index >= 15 is 0 Å². The lowest BCUT2D eigenvalue weighted by Crippen LogP contribution is -2.39. The molecule has 5 rings (SSSR count). The third-order valence-corrected chi connectivity index (χ3v) is 7.19. The maximum absolute atomic E-state index is 14.9. The average Bonchev–Trinajstić information content (AvgIpc) is 3.20. The molecule has 1 amide bonds. The van der Waals surface area contributed by atoms with Crippen molar-refractivity contribution in [3.8, 4) is 11.5 Å². The van der Waals surface area contributed by atoms with Crippen molar-refractivity contribution in [1.29, 1.82) is 0 Å². The van der Waals surface area contributed by atoms with Crippen molar-refractivity contribution in [1.82, 2.24) is 20.1 Å². The van der Waals surface area contributed by atoms with Crippen molar-refractivity contribution in [3.63, 3.8) is 0 Å².